The van der Waals surface area contributed by atoms with Crippen molar-refractivity contribution in [3.05, 3.63) is 59.4 Å². The topological polar surface area (TPSA) is 52.3 Å². The van der Waals surface area contributed by atoms with Crippen LogP contribution in [0.25, 0.3) is 0 Å². The second kappa shape index (κ2) is 5.52. The van der Waals surface area contributed by atoms with Crippen LogP contribution in [0.15, 0.2) is 42.5 Å². The second-order valence-electron chi connectivity index (χ2n) is 4.10. The first-order chi connectivity index (χ1) is 9.10. The summed E-state index contributed by atoms with van der Waals surface area (Å²) in [6.45, 7) is 1.94. The van der Waals surface area contributed by atoms with Gasteiger partial charge < -0.3 is 10.5 Å². The lowest BCUT2D eigenvalue weighted by molar-refractivity contribution is 0.1000. The number of aryl methyl sites for hydroxylation is 1. The number of carbonyl (C=O) groups is 1. The number of halogens is 1. The molecule has 3 nitrogen and oxygen atoms in total. The monoisotopic (exact) mass is 259 g/mol. The van der Waals surface area contributed by atoms with Crippen molar-refractivity contribution in [3.8, 4) is 11.5 Å². The number of hydrogen-bond donors (Lipinski definition) is 1. The Labute approximate surface area is 110 Å². The van der Waals surface area contributed by atoms with Crippen molar-refractivity contribution in [1.29, 1.82) is 0 Å². The summed E-state index contributed by atoms with van der Waals surface area (Å²) in [6, 6.07) is 10.9. The fourth-order valence-electron chi connectivity index (χ4n) is 1.77. The Morgan fingerprint density at radius 1 is 1.26 bits per heavy atom. The van der Waals surface area contributed by atoms with Gasteiger partial charge in [-0.1, -0.05) is 13.0 Å². The molecule has 4 heteroatoms. The van der Waals surface area contributed by atoms with Gasteiger partial charge in [0, 0.05) is 11.6 Å². The average Bonchev–Trinajstić information content (AvgIpc) is 2.39. The lowest BCUT2D eigenvalue weighted by Crippen LogP contribution is -2.11. The highest BCUT2D eigenvalue weighted by atomic mass is 19.1. The SMILES string of the molecule is CCc1cc(C(N)=O)ccc1Oc1cccc(F)c1. The molecule has 0 aromatic heterocycles. The number of ether oxygens (including phenoxy) is 1. The molecule has 0 aliphatic carbocycles. The molecule has 0 fully saturated rings. The third kappa shape index (κ3) is 3.10. The van der Waals surface area contributed by atoms with Crippen molar-refractivity contribution in [1.82, 2.24) is 0 Å². The highest BCUT2D eigenvalue weighted by Crippen LogP contribution is 2.27. The largest absolute Gasteiger partial charge is 0.457 e. The van der Waals surface area contributed by atoms with Gasteiger partial charge in [-0.3, -0.25) is 4.79 Å². The first-order valence-corrected chi connectivity index (χ1v) is 5.96. The summed E-state index contributed by atoms with van der Waals surface area (Å²) < 4.78 is 18.7. The summed E-state index contributed by atoms with van der Waals surface area (Å²) in [5.74, 6) is 0.177. The van der Waals surface area contributed by atoms with E-state index in [4.69, 9.17) is 10.5 Å². The van der Waals surface area contributed by atoms with Crippen molar-refractivity contribution < 1.29 is 13.9 Å². The fraction of sp³-hybridized carbons (Fsp3) is 0.133. The summed E-state index contributed by atoms with van der Waals surface area (Å²) >= 11 is 0. The molecule has 2 N–H and O–H groups in total. The summed E-state index contributed by atoms with van der Waals surface area (Å²) in [5, 5.41) is 0. The van der Waals surface area contributed by atoms with Crippen LogP contribution in [0.5, 0.6) is 11.5 Å². The minimum absolute atomic E-state index is 0.357. The molecule has 98 valence electrons. The number of primary amides is 1. The van der Waals surface area contributed by atoms with E-state index in [2.05, 4.69) is 0 Å². The molecule has 0 aliphatic rings. The lowest BCUT2D eigenvalue weighted by Gasteiger charge is -2.11. The molecule has 0 saturated carbocycles. The average molecular weight is 259 g/mol. The van der Waals surface area contributed by atoms with Crippen molar-refractivity contribution in [3.63, 3.8) is 0 Å². The van der Waals surface area contributed by atoms with Crippen LogP contribution in [0.3, 0.4) is 0 Å². The van der Waals surface area contributed by atoms with Crippen molar-refractivity contribution in [2.45, 2.75) is 13.3 Å². The van der Waals surface area contributed by atoms with E-state index in [1.165, 1.54) is 12.1 Å². The number of benzene rings is 2. The van der Waals surface area contributed by atoms with Gasteiger partial charge in [-0.05, 0) is 42.3 Å². The first kappa shape index (κ1) is 13.1. The highest BCUT2D eigenvalue weighted by molar-refractivity contribution is 5.93. The minimum atomic E-state index is -0.480. The predicted molar refractivity (Wildman–Crippen MR) is 70.8 cm³/mol. The van der Waals surface area contributed by atoms with E-state index in [0.29, 0.717) is 23.5 Å². The van der Waals surface area contributed by atoms with E-state index in [1.54, 1.807) is 30.3 Å². The van der Waals surface area contributed by atoms with Gasteiger partial charge in [-0.2, -0.15) is 0 Å². The molecule has 0 radical (unpaired) electrons. The Bertz CT molecular complexity index is 611. The van der Waals surface area contributed by atoms with Gasteiger partial charge in [0.15, 0.2) is 0 Å². The zero-order valence-electron chi connectivity index (χ0n) is 10.5. The Kier molecular flexibility index (Phi) is 3.80. The van der Waals surface area contributed by atoms with E-state index in [0.717, 1.165) is 5.56 Å². The molecule has 0 saturated heterocycles. The van der Waals surface area contributed by atoms with Gasteiger partial charge >= 0.3 is 0 Å². The normalized spacial score (nSPS) is 10.2. The van der Waals surface area contributed by atoms with E-state index in [-0.39, 0.29) is 5.82 Å². The van der Waals surface area contributed by atoms with Crippen LogP contribution in [0.1, 0.15) is 22.8 Å². The zero-order chi connectivity index (χ0) is 13.8. The maximum Gasteiger partial charge on any atom is 0.248 e. The molecule has 0 aliphatic heterocycles. The van der Waals surface area contributed by atoms with Crippen LogP contribution in [0, 0.1) is 5.82 Å². The molecule has 19 heavy (non-hydrogen) atoms. The molecule has 0 spiro atoms. The molecule has 0 heterocycles. The predicted octanol–water partition coefficient (Wildman–Crippen LogP) is 3.28. The van der Waals surface area contributed by atoms with Crippen LogP contribution in [-0.4, -0.2) is 5.91 Å². The van der Waals surface area contributed by atoms with Gasteiger partial charge in [0.25, 0.3) is 0 Å². The van der Waals surface area contributed by atoms with Gasteiger partial charge in [0.05, 0.1) is 0 Å². The van der Waals surface area contributed by atoms with E-state index < -0.39 is 5.91 Å². The first-order valence-electron chi connectivity index (χ1n) is 5.96. The smallest absolute Gasteiger partial charge is 0.248 e. The van der Waals surface area contributed by atoms with E-state index in [1.807, 2.05) is 6.92 Å². The van der Waals surface area contributed by atoms with Crippen molar-refractivity contribution in [2.75, 3.05) is 0 Å². The molecule has 2 aromatic rings. The molecule has 0 bridgehead atoms. The minimum Gasteiger partial charge on any atom is -0.457 e. The fourth-order valence-corrected chi connectivity index (χ4v) is 1.77. The third-order valence-corrected chi connectivity index (χ3v) is 2.75. The lowest BCUT2D eigenvalue weighted by atomic mass is 10.1. The molecule has 0 unspecified atom stereocenters. The molecular weight excluding hydrogens is 245 g/mol. The van der Waals surface area contributed by atoms with Crippen molar-refractivity contribution >= 4 is 5.91 Å². The van der Waals surface area contributed by atoms with Gasteiger partial charge in [0.2, 0.25) is 5.91 Å². The van der Waals surface area contributed by atoms with Crippen LogP contribution in [-0.2, 0) is 6.42 Å². The van der Waals surface area contributed by atoms with Gasteiger partial charge in [0.1, 0.15) is 17.3 Å². The number of amides is 1. The summed E-state index contributed by atoms with van der Waals surface area (Å²) in [7, 11) is 0. The standard InChI is InChI=1S/C15H14FNO2/c1-2-10-8-11(15(17)18)6-7-14(10)19-13-5-3-4-12(16)9-13/h3-9H,2H2,1H3,(H2,17,18). The van der Waals surface area contributed by atoms with Gasteiger partial charge in [-0.25, -0.2) is 4.39 Å². The number of carbonyl (C=O) groups excluding carboxylic acids is 1. The molecule has 1 amide bonds. The molecule has 0 atom stereocenters. The Morgan fingerprint density at radius 3 is 2.68 bits per heavy atom. The van der Waals surface area contributed by atoms with Crippen LogP contribution < -0.4 is 10.5 Å². The second-order valence-corrected chi connectivity index (χ2v) is 4.10. The zero-order valence-corrected chi connectivity index (χ0v) is 10.5. The Morgan fingerprint density at radius 2 is 2.05 bits per heavy atom. The van der Waals surface area contributed by atoms with E-state index in [9.17, 15) is 9.18 Å². The van der Waals surface area contributed by atoms with Crippen LogP contribution in [0.4, 0.5) is 4.39 Å². The number of nitrogens with two attached hydrogens (primary N) is 1. The molecular formula is C15H14FNO2. The van der Waals surface area contributed by atoms with Crippen LogP contribution >= 0.6 is 0 Å². The third-order valence-electron chi connectivity index (χ3n) is 2.75. The highest BCUT2D eigenvalue weighted by Gasteiger charge is 2.08. The quantitative estimate of drug-likeness (QED) is 0.916. The Balaban J connectivity index is 2.32. The summed E-state index contributed by atoms with van der Waals surface area (Å²) in [6.07, 6.45) is 0.686. The maximum atomic E-state index is 13.1. The Hall–Kier alpha value is -2.36. The van der Waals surface area contributed by atoms with Crippen LogP contribution in [0.2, 0.25) is 0 Å². The molecule has 2 rings (SSSR count). The van der Waals surface area contributed by atoms with Gasteiger partial charge in [-0.15, -0.1) is 0 Å². The summed E-state index contributed by atoms with van der Waals surface area (Å²) in [5.41, 5.74) is 6.51. The number of rotatable bonds is 4. The van der Waals surface area contributed by atoms with Crippen molar-refractivity contribution in [2.24, 2.45) is 5.73 Å². The molecule has 2 aromatic carbocycles. The maximum absolute atomic E-state index is 13.1. The summed E-state index contributed by atoms with van der Waals surface area (Å²) in [4.78, 5) is 11.1. The van der Waals surface area contributed by atoms with E-state index >= 15 is 0 Å². The number of hydrogen-bond acceptors (Lipinski definition) is 2.